The number of rotatable bonds is 8. The summed E-state index contributed by atoms with van der Waals surface area (Å²) in [7, 11) is 0. The number of benzene rings is 1. The van der Waals surface area contributed by atoms with E-state index < -0.39 is 0 Å². The molecule has 3 aromatic rings. The molecule has 186 valence electrons. The number of piperazine rings is 1. The molecule has 1 aliphatic heterocycles. The number of nitrogens with zero attached hydrogens (tertiary/aromatic N) is 4. The summed E-state index contributed by atoms with van der Waals surface area (Å²) in [5.41, 5.74) is 1.83. The van der Waals surface area contributed by atoms with Gasteiger partial charge in [-0.2, -0.15) is 0 Å². The van der Waals surface area contributed by atoms with E-state index in [4.69, 9.17) is 9.84 Å². The van der Waals surface area contributed by atoms with E-state index in [1.807, 2.05) is 19.9 Å². The van der Waals surface area contributed by atoms with E-state index in [1.54, 1.807) is 21.4 Å². The van der Waals surface area contributed by atoms with Gasteiger partial charge in [0.05, 0.1) is 50.6 Å². The minimum absolute atomic E-state index is 0.179. The summed E-state index contributed by atoms with van der Waals surface area (Å²) in [4.78, 5) is 23.2. The highest BCUT2D eigenvalue weighted by molar-refractivity contribution is 7.97. The second kappa shape index (κ2) is 12.6. The van der Waals surface area contributed by atoms with Crippen molar-refractivity contribution in [2.45, 2.75) is 45.4 Å². The zero-order valence-corrected chi connectivity index (χ0v) is 22.4. The van der Waals surface area contributed by atoms with Crippen LogP contribution in [0.1, 0.15) is 38.7 Å². The topological polar surface area (TPSA) is 80.0 Å². The van der Waals surface area contributed by atoms with Crippen molar-refractivity contribution in [1.29, 1.82) is 0 Å². The number of likely N-dealkylation sites (N-methyl/N-ethyl adjacent to an activating group) is 1. The van der Waals surface area contributed by atoms with E-state index in [0.29, 0.717) is 29.4 Å². The number of hydrogen-bond donors (Lipinski definition) is 2. The fourth-order valence-electron chi connectivity index (χ4n) is 4.17. The number of H-pyrrole nitrogens is 1. The van der Waals surface area contributed by atoms with Gasteiger partial charge in [0.15, 0.2) is 11.3 Å². The molecule has 1 aromatic carbocycles. The van der Waals surface area contributed by atoms with Crippen LogP contribution in [0.15, 0.2) is 27.9 Å². The largest absolute Gasteiger partial charge is 0.493 e. The van der Waals surface area contributed by atoms with Crippen LogP contribution in [0.5, 0.6) is 5.75 Å². The molecule has 0 aliphatic carbocycles. The summed E-state index contributed by atoms with van der Waals surface area (Å²) < 4.78 is 10.0. The average molecular weight is 508 g/mol. The quantitative estimate of drug-likeness (QED) is 0.360. The molecule has 0 bridgehead atoms. The minimum atomic E-state index is -0.179. The van der Waals surface area contributed by atoms with Crippen molar-refractivity contribution in [1.82, 2.24) is 23.9 Å². The van der Waals surface area contributed by atoms with Gasteiger partial charge in [0.1, 0.15) is 11.6 Å². The third-order valence-electron chi connectivity index (χ3n) is 5.89. The summed E-state index contributed by atoms with van der Waals surface area (Å²) in [6.07, 6.45) is 3.18. The molecule has 10 heteroatoms. The van der Waals surface area contributed by atoms with Crippen molar-refractivity contribution in [3.8, 4) is 17.1 Å². The van der Waals surface area contributed by atoms with Crippen LogP contribution in [0.3, 0.4) is 0 Å². The van der Waals surface area contributed by atoms with Gasteiger partial charge in [-0.15, -0.1) is 16.7 Å². The van der Waals surface area contributed by atoms with Gasteiger partial charge in [-0.25, -0.2) is 13.8 Å². The van der Waals surface area contributed by atoms with Crippen molar-refractivity contribution in [3.63, 3.8) is 0 Å². The summed E-state index contributed by atoms with van der Waals surface area (Å²) >= 11 is 6.40. The summed E-state index contributed by atoms with van der Waals surface area (Å²) in [5, 5.41) is 4.79. The second-order valence-electron chi connectivity index (χ2n) is 8.14. The number of fused-ring (bicyclic) bond motifs is 1. The van der Waals surface area contributed by atoms with Crippen LogP contribution >= 0.6 is 23.5 Å². The number of aryl methyl sites for hydroxylation is 2. The Hall–Kier alpha value is -2.07. The zero-order chi connectivity index (χ0) is 24.7. The Morgan fingerprint density at radius 2 is 1.94 bits per heavy atom. The molecular weight excluding hydrogens is 472 g/mol. The molecular formula is C24H36ClN6O2S+. The number of nitrogens with one attached hydrogen (secondary N) is 2. The summed E-state index contributed by atoms with van der Waals surface area (Å²) in [5.74, 6) is 2.03. The molecule has 0 spiro atoms. The first-order chi connectivity index (χ1) is 16.5. The van der Waals surface area contributed by atoms with Gasteiger partial charge < -0.3 is 14.6 Å². The molecule has 8 nitrogen and oxygen atoms in total. The van der Waals surface area contributed by atoms with E-state index in [9.17, 15) is 4.79 Å². The van der Waals surface area contributed by atoms with E-state index in [-0.39, 0.29) is 5.56 Å². The third-order valence-corrected chi connectivity index (χ3v) is 6.97. The van der Waals surface area contributed by atoms with E-state index in [1.165, 1.54) is 26.0 Å². The van der Waals surface area contributed by atoms with Crippen LogP contribution in [0.2, 0.25) is 0 Å². The molecule has 4 rings (SSSR count). The fraction of sp³-hybridized carbons (Fsp3) is 0.542. The van der Waals surface area contributed by atoms with Gasteiger partial charge in [0, 0.05) is 17.7 Å². The fourth-order valence-corrected chi connectivity index (χ4v) is 5.13. The van der Waals surface area contributed by atoms with Crippen molar-refractivity contribution in [2.24, 2.45) is 0 Å². The molecule has 1 fully saturated rings. The molecule has 2 N–H and O–H groups in total. The van der Waals surface area contributed by atoms with Gasteiger partial charge >= 0.3 is 0 Å². The minimum Gasteiger partial charge on any atom is -0.493 e. The van der Waals surface area contributed by atoms with Crippen LogP contribution in [0, 0.1) is 6.92 Å². The molecule has 0 radical (unpaired) electrons. The van der Waals surface area contributed by atoms with Crippen LogP contribution in [-0.2, 0) is 6.42 Å². The maximum absolute atomic E-state index is 12.9. The number of halogens is 1. The van der Waals surface area contributed by atoms with Crippen LogP contribution < -0.4 is 15.2 Å². The molecule has 0 atom stereocenters. The monoisotopic (exact) mass is 507 g/mol. The molecule has 3 heterocycles. The maximum Gasteiger partial charge on any atom is 0.277 e. The van der Waals surface area contributed by atoms with Crippen molar-refractivity contribution in [2.75, 3.05) is 45.7 Å². The maximum atomic E-state index is 12.9. The molecule has 0 unspecified atom stereocenters. The molecule has 2 aromatic heterocycles. The highest BCUT2D eigenvalue weighted by Gasteiger charge is 2.21. The number of imidazole rings is 1. The first-order valence-electron chi connectivity index (χ1n) is 11.9. The highest BCUT2D eigenvalue weighted by Crippen LogP contribution is 2.33. The Labute approximate surface area is 210 Å². The molecule has 0 saturated carbocycles. The summed E-state index contributed by atoms with van der Waals surface area (Å²) in [6.45, 7) is 14.3. The molecule has 1 saturated heterocycles. The summed E-state index contributed by atoms with van der Waals surface area (Å²) in [6, 6.07) is 6.13. The molecule has 34 heavy (non-hydrogen) atoms. The van der Waals surface area contributed by atoms with Gasteiger partial charge in [0.25, 0.3) is 5.56 Å². The zero-order valence-electron chi connectivity index (χ0n) is 20.8. The highest BCUT2D eigenvalue weighted by atomic mass is 35.5. The molecule has 0 amide bonds. The Bertz CT molecular complexity index is 1140. The lowest BCUT2D eigenvalue weighted by Gasteiger charge is -2.30. The van der Waals surface area contributed by atoms with Crippen molar-refractivity contribution in [3.05, 3.63) is 40.1 Å². The van der Waals surface area contributed by atoms with Gasteiger partial charge in [-0.05, 0) is 57.3 Å². The van der Waals surface area contributed by atoms with E-state index >= 15 is 0 Å². The normalized spacial score (nSPS) is 14.8. The SMILES string of the molecule is CCCc1nc(C)c2c(=O)[nH]c(-c3cc(SN4CC[NH+](CC)CC4)ccc3OCC)nn12.CCl. The Kier molecular flexibility index (Phi) is 9.82. The Morgan fingerprint density at radius 1 is 1.21 bits per heavy atom. The lowest BCUT2D eigenvalue weighted by atomic mass is 10.2. The van der Waals surface area contributed by atoms with Crippen molar-refractivity contribution < 1.29 is 9.64 Å². The Morgan fingerprint density at radius 3 is 2.59 bits per heavy atom. The smallest absolute Gasteiger partial charge is 0.277 e. The molecule has 1 aliphatic rings. The third kappa shape index (κ3) is 5.94. The average Bonchev–Trinajstić information content (AvgIpc) is 3.17. The number of aromatic nitrogens is 4. The van der Waals surface area contributed by atoms with Crippen LogP contribution in [0.4, 0.5) is 0 Å². The van der Waals surface area contributed by atoms with Gasteiger partial charge in [-0.1, -0.05) is 6.92 Å². The number of ether oxygens (including phenoxy) is 1. The number of quaternary nitrogens is 1. The van der Waals surface area contributed by atoms with Crippen LogP contribution in [0.25, 0.3) is 16.9 Å². The van der Waals surface area contributed by atoms with Crippen molar-refractivity contribution >= 4 is 29.1 Å². The van der Waals surface area contributed by atoms with E-state index in [0.717, 1.165) is 42.2 Å². The number of alkyl halides is 1. The lowest BCUT2D eigenvalue weighted by molar-refractivity contribution is -0.901. The first kappa shape index (κ1) is 26.5. The van der Waals surface area contributed by atoms with Crippen LogP contribution in [-0.4, -0.2) is 69.6 Å². The second-order valence-corrected chi connectivity index (χ2v) is 9.31. The standard InChI is InChI=1S/C23H32N6O2S.CH3Cl/c1-5-8-20-24-16(4)21-23(30)25-22(26-29(20)21)18-15-17(9-10-19(18)31-7-3)32-28-13-11-27(6-2)12-14-28;1-2/h9-10,15H,5-8,11-14H2,1-4H3,(H,25,26,30);1H3/p+1. The van der Waals surface area contributed by atoms with E-state index in [2.05, 4.69) is 51.9 Å². The van der Waals surface area contributed by atoms with Gasteiger partial charge in [-0.3, -0.25) is 4.79 Å². The van der Waals surface area contributed by atoms with Gasteiger partial charge in [0.2, 0.25) is 0 Å². The lowest BCUT2D eigenvalue weighted by Crippen LogP contribution is -3.14. The number of hydrogen-bond acceptors (Lipinski definition) is 6. The number of aromatic amines is 1. The first-order valence-corrected chi connectivity index (χ1v) is 13.5. The predicted octanol–water partition coefficient (Wildman–Crippen LogP) is 2.83. The predicted molar refractivity (Wildman–Crippen MR) is 139 cm³/mol. The Balaban J connectivity index is 0.00000158.